The van der Waals surface area contributed by atoms with Gasteiger partial charge in [0.2, 0.25) is 5.91 Å². The Kier molecular flexibility index (Phi) is 7.27. The van der Waals surface area contributed by atoms with E-state index in [1.54, 1.807) is 18.2 Å². The molecule has 0 heterocycles. The van der Waals surface area contributed by atoms with Crippen molar-refractivity contribution in [2.45, 2.75) is 19.8 Å². The van der Waals surface area contributed by atoms with Crippen LogP contribution in [0.3, 0.4) is 0 Å². The van der Waals surface area contributed by atoms with Crippen LogP contribution in [0.15, 0.2) is 53.0 Å². The number of carbonyl (C=O) groups excluding carboxylic acids is 1. The number of halogens is 1. The van der Waals surface area contributed by atoms with Crippen LogP contribution < -0.4 is 10.6 Å². The van der Waals surface area contributed by atoms with Gasteiger partial charge in [0, 0.05) is 10.5 Å². The molecule has 27 heavy (non-hydrogen) atoms. The number of amides is 1. The molecular weight excluding hydrogens is 428 g/mol. The molecule has 0 atom stereocenters. The molecule has 0 spiro atoms. The van der Waals surface area contributed by atoms with Crippen LogP contribution in [-0.2, 0) is 4.79 Å². The summed E-state index contributed by atoms with van der Waals surface area (Å²) in [6.07, 6.45) is 3.06. The van der Waals surface area contributed by atoms with Crippen molar-refractivity contribution in [3.05, 3.63) is 69.7 Å². The highest BCUT2D eigenvalue weighted by molar-refractivity contribution is 9.10. The van der Waals surface area contributed by atoms with Crippen molar-refractivity contribution < 1.29 is 14.7 Å². The van der Waals surface area contributed by atoms with Crippen LogP contribution in [0, 0.1) is 0 Å². The molecule has 140 valence electrons. The number of carboxylic acids is 1. The lowest BCUT2D eigenvalue weighted by Crippen LogP contribution is -2.33. The number of nitrogens with one attached hydrogen (secondary N) is 2. The van der Waals surface area contributed by atoms with Gasteiger partial charge in [-0.05, 0) is 53.5 Å². The van der Waals surface area contributed by atoms with Crippen molar-refractivity contribution in [3.8, 4) is 0 Å². The van der Waals surface area contributed by atoms with E-state index < -0.39 is 11.9 Å². The van der Waals surface area contributed by atoms with Gasteiger partial charge in [-0.3, -0.25) is 10.1 Å². The van der Waals surface area contributed by atoms with Crippen LogP contribution in [0.1, 0.15) is 41.3 Å². The fraction of sp³-hybridized carbons (Fsp3) is 0.150. The maximum atomic E-state index is 12.0. The van der Waals surface area contributed by atoms with Crippen molar-refractivity contribution in [2.75, 3.05) is 5.32 Å². The number of anilines is 1. The first-order valence-corrected chi connectivity index (χ1v) is 9.39. The molecule has 0 bridgehead atoms. The van der Waals surface area contributed by atoms with Crippen molar-refractivity contribution in [1.82, 2.24) is 5.32 Å². The Balaban J connectivity index is 1.98. The number of hydrogen-bond donors (Lipinski definition) is 3. The maximum absolute atomic E-state index is 12.0. The summed E-state index contributed by atoms with van der Waals surface area (Å²) >= 11 is 8.31. The Bertz CT molecular complexity index is 893. The summed E-state index contributed by atoms with van der Waals surface area (Å²) in [5.74, 6) is -1.06. The van der Waals surface area contributed by atoms with Crippen molar-refractivity contribution in [3.63, 3.8) is 0 Å². The lowest BCUT2D eigenvalue weighted by molar-refractivity contribution is -0.115. The van der Waals surface area contributed by atoms with E-state index in [1.807, 2.05) is 24.3 Å². The number of hydrogen-bond acceptors (Lipinski definition) is 3. The Labute approximate surface area is 171 Å². The third-order valence-electron chi connectivity index (χ3n) is 3.73. The zero-order valence-corrected chi connectivity index (χ0v) is 17.2. The summed E-state index contributed by atoms with van der Waals surface area (Å²) in [6.45, 7) is 4.24. The Morgan fingerprint density at radius 2 is 1.81 bits per heavy atom. The quantitative estimate of drug-likeness (QED) is 0.454. The van der Waals surface area contributed by atoms with E-state index in [4.69, 9.17) is 12.2 Å². The van der Waals surface area contributed by atoms with Gasteiger partial charge in [0.05, 0.1) is 11.3 Å². The average molecular weight is 447 g/mol. The van der Waals surface area contributed by atoms with Crippen molar-refractivity contribution >= 4 is 56.9 Å². The summed E-state index contributed by atoms with van der Waals surface area (Å²) in [4.78, 5) is 23.3. The fourth-order valence-corrected chi connectivity index (χ4v) is 2.85. The van der Waals surface area contributed by atoms with E-state index >= 15 is 0 Å². The molecule has 0 radical (unpaired) electrons. The highest BCUT2D eigenvalue weighted by atomic mass is 79.9. The summed E-state index contributed by atoms with van der Waals surface area (Å²) in [6, 6.07) is 12.6. The van der Waals surface area contributed by atoms with E-state index in [1.165, 1.54) is 17.7 Å². The van der Waals surface area contributed by atoms with Gasteiger partial charge in [-0.15, -0.1) is 0 Å². The summed E-state index contributed by atoms with van der Waals surface area (Å²) in [7, 11) is 0. The fourth-order valence-electron chi connectivity index (χ4n) is 2.27. The van der Waals surface area contributed by atoms with Gasteiger partial charge in [0.1, 0.15) is 0 Å². The van der Waals surface area contributed by atoms with Crippen molar-refractivity contribution in [2.24, 2.45) is 0 Å². The standard InChI is InChI=1S/C20H19BrN2O3S/c1-12(2)14-6-3-13(4-7-14)5-10-18(24)23-20(27)22-17-9-8-15(21)11-16(17)19(25)26/h3-12H,1-2H3,(H,25,26)(H2,22,23,24,27). The molecule has 0 aliphatic heterocycles. The second kappa shape index (κ2) is 9.43. The van der Waals surface area contributed by atoms with Gasteiger partial charge in [0.25, 0.3) is 0 Å². The average Bonchev–Trinajstić information content (AvgIpc) is 2.61. The van der Waals surface area contributed by atoms with Gasteiger partial charge in [-0.2, -0.15) is 0 Å². The minimum Gasteiger partial charge on any atom is -0.478 e. The first-order chi connectivity index (χ1) is 12.8. The van der Waals surface area contributed by atoms with Crippen LogP contribution in [0.5, 0.6) is 0 Å². The molecule has 0 aromatic heterocycles. The highest BCUT2D eigenvalue weighted by Gasteiger charge is 2.12. The van der Waals surface area contributed by atoms with E-state index in [2.05, 4.69) is 40.4 Å². The number of carbonyl (C=O) groups is 2. The van der Waals surface area contributed by atoms with Gasteiger partial charge < -0.3 is 10.4 Å². The number of aromatic carboxylic acids is 1. The molecule has 2 rings (SSSR count). The molecule has 7 heteroatoms. The predicted octanol–water partition coefficient (Wildman–Crippen LogP) is 4.80. The Morgan fingerprint density at radius 1 is 1.15 bits per heavy atom. The van der Waals surface area contributed by atoms with E-state index in [0.29, 0.717) is 16.1 Å². The molecule has 0 fully saturated rings. The minimum atomic E-state index is -1.10. The lowest BCUT2D eigenvalue weighted by Gasteiger charge is -2.11. The van der Waals surface area contributed by atoms with Crippen LogP contribution in [0.25, 0.3) is 6.08 Å². The smallest absolute Gasteiger partial charge is 0.337 e. The largest absolute Gasteiger partial charge is 0.478 e. The maximum Gasteiger partial charge on any atom is 0.337 e. The third-order valence-corrected chi connectivity index (χ3v) is 4.42. The first kappa shape index (κ1) is 20.8. The van der Waals surface area contributed by atoms with Crippen molar-refractivity contribution in [1.29, 1.82) is 0 Å². The third kappa shape index (κ3) is 6.30. The second-order valence-electron chi connectivity index (χ2n) is 6.09. The summed E-state index contributed by atoms with van der Waals surface area (Å²) < 4.78 is 0.631. The molecule has 0 saturated carbocycles. The SMILES string of the molecule is CC(C)c1ccc(C=CC(=O)NC(=S)Nc2ccc(Br)cc2C(=O)O)cc1. The van der Waals surface area contributed by atoms with E-state index in [0.717, 1.165) is 5.56 Å². The van der Waals surface area contributed by atoms with E-state index in [-0.39, 0.29) is 10.7 Å². The van der Waals surface area contributed by atoms with Gasteiger partial charge in [-0.1, -0.05) is 54.0 Å². The minimum absolute atomic E-state index is 0.0182. The zero-order chi connectivity index (χ0) is 20.0. The molecule has 5 nitrogen and oxygen atoms in total. The molecule has 2 aromatic carbocycles. The van der Waals surface area contributed by atoms with Gasteiger partial charge in [0.15, 0.2) is 5.11 Å². The van der Waals surface area contributed by atoms with Crippen LogP contribution in [0.4, 0.5) is 5.69 Å². The topological polar surface area (TPSA) is 78.4 Å². The zero-order valence-electron chi connectivity index (χ0n) is 14.8. The molecular formula is C20H19BrN2O3S. The molecule has 1 amide bonds. The number of benzene rings is 2. The molecule has 0 aliphatic carbocycles. The molecule has 0 aliphatic rings. The predicted molar refractivity (Wildman–Crippen MR) is 115 cm³/mol. The lowest BCUT2D eigenvalue weighted by atomic mass is 10.0. The Hall–Kier alpha value is -2.51. The molecule has 2 aromatic rings. The number of rotatable bonds is 5. The number of thiocarbonyl (C=S) groups is 1. The normalized spacial score (nSPS) is 10.8. The Morgan fingerprint density at radius 3 is 2.41 bits per heavy atom. The monoisotopic (exact) mass is 446 g/mol. The molecule has 0 saturated heterocycles. The molecule has 0 unspecified atom stereocenters. The van der Waals surface area contributed by atoms with Crippen LogP contribution >= 0.6 is 28.1 Å². The summed E-state index contributed by atoms with van der Waals surface area (Å²) in [5.41, 5.74) is 2.46. The number of carboxylic acid groups (broad SMARTS) is 1. The second-order valence-corrected chi connectivity index (χ2v) is 7.42. The summed E-state index contributed by atoms with van der Waals surface area (Å²) in [5, 5.41) is 14.5. The van der Waals surface area contributed by atoms with Gasteiger partial charge >= 0.3 is 5.97 Å². The van der Waals surface area contributed by atoms with Crippen LogP contribution in [0.2, 0.25) is 0 Å². The first-order valence-electron chi connectivity index (χ1n) is 8.19. The van der Waals surface area contributed by atoms with Crippen LogP contribution in [-0.4, -0.2) is 22.1 Å². The van der Waals surface area contributed by atoms with E-state index in [9.17, 15) is 14.7 Å². The molecule has 3 N–H and O–H groups in total. The highest BCUT2D eigenvalue weighted by Crippen LogP contribution is 2.21. The van der Waals surface area contributed by atoms with Gasteiger partial charge in [-0.25, -0.2) is 4.79 Å².